The van der Waals surface area contributed by atoms with Crippen molar-refractivity contribution in [2.75, 3.05) is 39.5 Å². The molecule has 0 aliphatic heterocycles. The van der Waals surface area contributed by atoms with Gasteiger partial charge in [0, 0.05) is 41.2 Å². The summed E-state index contributed by atoms with van der Waals surface area (Å²) in [6, 6.07) is 6.44. The van der Waals surface area contributed by atoms with Crippen LogP contribution in [-0.2, 0) is 4.79 Å². The Morgan fingerprint density at radius 2 is 1.24 bits per heavy atom. The second-order valence-electron chi connectivity index (χ2n) is 5.94. The molecule has 2 rings (SSSR count). The summed E-state index contributed by atoms with van der Waals surface area (Å²) >= 11 is 0. The van der Waals surface area contributed by atoms with E-state index < -0.39 is 0 Å². The topological polar surface area (TPSA) is 117 Å². The number of hydrogen-bond acceptors (Lipinski definition) is 8. The average Bonchev–Trinajstić information content (AvgIpc) is 2.71. The lowest BCUT2D eigenvalue weighted by Crippen LogP contribution is -2.11. The molecule has 0 bridgehead atoms. The van der Waals surface area contributed by atoms with Crippen LogP contribution in [0.4, 0.5) is 22.7 Å². The van der Waals surface area contributed by atoms with E-state index in [1.165, 1.54) is 28.4 Å². The Morgan fingerprint density at radius 1 is 0.862 bits per heavy atom. The Bertz CT molecular complexity index is 906. The first kappa shape index (κ1) is 21.5. The number of nitrogens with two attached hydrogens (primary N) is 1. The van der Waals surface area contributed by atoms with Crippen LogP contribution in [0.25, 0.3) is 0 Å². The summed E-state index contributed by atoms with van der Waals surface area (Å²) in [6.07, 6.45) is 0. The number of ether oxygens (including phenoxy) is 4. The van der Waals surface area contributed by atoms with Crippen LogP contribution in [0.3, 0.4) is 0 Å². The number of carbonyl (C=O) groups is 1. The molecule has 0 aliphatic carbocycles. The van der Waals surface area contributed by atoms with E-state index in [9.17, 15) is 4.79 Å². The van der Waals surface area contributed by atoms with Gasteiger partial charge in [-0.25, -0.2) is 0 Å². The van der Waals surface area contributed by atoms with Crippen molar-refractivity contribution in [3.63, 3.8) is 0 Å². The van der Waals surface area contributed by atoms with Crippen LogP contribution >= 0.6 is 0 Å². The van der Waals surface area contributed by atoms with Crippen LogP contribution < -0.4 is 30.0 Å². The van der Waals surface area contributed by atoms with E-state index in [2.05, 4.69) is 22.1 Å². The van der Waals surface area contributed by atoms with E-state index in [4.69, 9.17) is 24.7 Å². The first-order valence-corrected chi connectivity index (χ1v) is 8.50. The van der Waals surface area contributed by atoms with Crippen molar-refractivity contribution in [3.05, 3.63) is 36.4 Å². The van der Waals surface area contributed by atoms with Crippen LogP contribution in [0.2, 0.25) is 0 Å². The lowest BCUT2D eigenvalue weighted by atomic mass is 10.2. The number of nitrogen functional groups attached to an aromatic ring is 1. The molecular weight excluding hydrogens is 376 g/mol. The van der Waals surface area contributed by atoms with Gasteiger partial charge >= 0.3 is 0 Å². The zero-order valence-corrected chi connectivity index (χ0v) is 17.0. The van der Waals surface area contributed by atoms with Crippen LogP contribution in [0.1, 0.15) is 6.92 Å². The first-order valence-electron chi connectivity index (χ1n) is 8.50. The van der Waals surface area contributed by atoms with Gasteiger partial charge in [-0.2, -0.15) is 0 Å². The lowest BCUT2D eigenvalue weighted by molar-refractivity contribution is -0.112. The third kappa shape index (κ3) is 4.95. The molecule has 2 aromatic rings. The zero-order chi connectivity index (χ0) is 21.6. The fourth-order valence-electron chi connectivity index (χ4n) is 2.41. The molecule has 9 heteroatoms. The van der Waals surface area contributed by atoms with Gasteiger partial charge in [-0.15, -0.1) is 10.2 Å². The predicted octanol–water partition coefficient (Wildman–Crippen LogP) is 4.23. The number of rotatable bonds is 8. The molecule has 0 saturated heterocycles. The zero-order valence-electron chi connectivity index (χ0n) is 17.0. The molecule has 29 heavy (non-hydrogen) atoms. The SMILES string of the molecule is C=C(C)C(=O)Nc1cc(OC)c(N=Nc2c(OC)cc(N)cc2OC)c(OC)c1. The van der Waals surface area contributed by atoms with Gasteiger partial charge in [0.25, 0.3) is 5.91 Å². The highest BCUT2D eigenvalue weighted by atomic mass is 16.5. The van der Waals surface area contributed by atoms with E-state index in [1.807, 2.05) is 0 Å². The molecule has 9 nitrogen and oxygen atoms in total. The largest absolute Gasteiger partial charge is 0.494 e. The first-order chi connectivity index (χ1) is 13.8. The molecule has 0 heterocycles. The standard InChI is InChI=1S/C20H24N4O5/c1-11(2)20(25)22-13-9-16(28-5)19(17(10-13)29-6)24-23-18-14(26-3)7-12(21)8-15(18)27-4/h7-10H,1,21H2,2-6H3,(H,22,25). The smallest absolute Gasteiger partial charge is 0.250 e. The molecule has 0 aromatic heterocycles. The van der Waals surface area contributed by atoms with Gasteiger partial charge in [0.15, 0.2) is 34.4 Å². The van der Waals surface area contributed by atoms with Crippen LogP contribution in [0.5, 0.6) is 23.0 Å². The Hall–Kier alpha value is -3.75. The van der Waals surface area contributed by atoms with Gasteiger partial charge in [-0.3, -0.25) is 4.79 Å². The fraction of sp³-hybridized carbons (Fsp3) is 0.250. The molecule has 2 aromatic carbocycles. The quantitative estimate of drug-likeness (QED) is 0.389. The molecule has 0 fully saturated rings. The highest BCUT2D eigenvalue weighted by Crippen LogP contribution is 2.44. The van der Waals surface area contributed by atoms with Gasteiger partial charge in [0.05, 0.1) is 28.4 Å². The summed E-state index contributed by atoms with van der Waals surface area (Å²) in [5.74, 6) is 1.17. The Labute approximate surface area is 169 Å². The third-order valence-electron chi connectivity index (χ3n) is 3.88. The van der Waals surface area contributed by atoms with E-state index in [0.717, 1.165) is 0 Å². The van der Waals surface area contributed by atoms with Gasteiger partial charge < -0.3 is 30.0 Å². The van der Waals surface area contributed by atoms with E-state index >= 15 is 0 Å². The number of azo groups is 1. The fourth-order valence-corrected chi connectivity index (χ4v) is 2.41. The molecular formula is C20H24N4O5. The number of anilines is 2. The number of carbonyl (C=O) groups excluding carboxylic acids is 1. The summed E-state index contributed by atoms with van der Waals surface area (Å²) < 4.78 is 21.4. The summed E-state index contributed by atoms with van der Waals surface area (Å²) in [4.78, 5) is 11.9. The van der Waals surface area contributed by atoms with Crippen molar-refractivity contribution < 1.29 is 23.7 Å². The molecule has 0 unspecified atom stereocenters. The summed E-state index contributed by atoms with van der Waals surface area (Å²) in [5, 5.41) is 11.2. The summed E-state index contributed by atoms with van der Waals surface area (Å²) in [5.41, 5.74) is 7.82. The Kier molecular flexibility index (Phi) is 7.02. The van der Waals surface area contributed by atoms with Gasteiger partial charge in [-0.05, 0) is 6.92 Å². The minimum Gasteiger partial charge on any atom is -0.494 e. The highest BCUT2D eigenvalue weighted by molar-refractivity contribution is 6.03. The molecule has 0 atom stereocenters. The van der Waals surface area contributed by atoms with E-state index in [0.29, 0.717) is 51.3 Å². The molecule has 1 amide bonds. The van der Waals surface area contributed by atoms with Gasteiger partial charge in [0.1, 0.15) is 0 Å². The Morgan fingerprint density at radius 3 is 1.59 bits per heavy atom. The number of hydrogen-bond donors (Lipinski definition) is 2. The van der Waals surface area contributed by atoms with Crippen molar-refractivity contribution >= 4 is 28.7 Å². The molecule has 0 spiro atoms. The summed E-state index contributed by atoms with van der Waals surface area (Å²) in [6.45, 7) is 5.23. The molecule has 3 N–H and O–H groups in total. The maximum atomic E-state index is 11.9. The van der Waals surface area contributed by atoms with Crippen molar-refractivity contribution in [2.45, 2.75) is 6.92 Å². The molecule has 154 valence electrons. The second-order valence-corrected chi connectivity index (χ2v) is 5.94. The number of benzene rings is 2. The number of nitrogens with one attached hydrogen (secondary N) is 1. The third-order valence-corrected chi connectivity index (χ3v) is 3.88. The second kappa shape index (κ2) is 9.45. The normalized spacial score (nSPS) is 10.5. The van der Waals surface area contributed by atoms with Crippen molar-refractivity contribution in [2.24, 2.45) is 10.2 Å². The van der Waals surface area contributed by atoms with Crippen molar-refractivity contribution in [1.82, 2.24) is 0 Å². The lowest BCUT2D eigenvalue weighted by Gasteiger charge is -2.13. The number of amides is 1. The van der Waals surface area contributed by atoms with Gasteiger partial charge in [-0.1, -0.05) is 6.58 Å². The monoisotopic (exact) mass is 400 g/mol. The van der Waals surface area contributed by atoms with E-state index in [1.54, 1.807) is 31.2 Å². The van der Waals surface area contributed by atoms with Crippen molar-refractivity contribution in [3.8, 4) is 23.0 Å². The number of methoxy groups -OCH3 is 4. The Balaban J connectivity index is 2.53. The van der Waals surface area contributed by atoms with Crippen LogP contribution in [0.15, 0.2) is 46.6 Å². The minimum atomic E-state index is -0.320. The maximum absolute atomic E-state index is 11.9. The van der Waals surface area contributed by atoms with Crippen LogP contribution in [-0.4, -0.2) is 34.3 Å². The summed E-state index contributed by atoms with van der Waals surface area (Å²) in [7, 11) is 5.94. The van der Waals surface area contributed by atoms with E-state index in [-0.39, 0.29) is 5.91 Å². The van der Waals surface area contributed by atoms with Crippen LogP contribution in [0, 0.1) is 0 Å². The number of nitrogens with zero attached hydrogens (tertiary/aromatic N) is 2. The van der Waals surface area contributed by atoms with Crippen molar-refractivity contribution in [1.29, 1.82) is 0 Å². The highest BCUT2D eigenvalue weighted by Gasteiger charge is 2.16. The molecule has 0 radical (unpaired) electrons. The molecule has 0 saturated carbocycles. The maximum Gasteiger partial charge on any atom is 0.250 e. The van der Waals surface area contributed by atoms with Gasteiger partial charge in [0.2, 0.25) is 0 Å². The predicted molar refractivity (Wildman–Crippen MR) is 111 cm³/mol. The average molecular weight is 400 g/mol. The molecule has 0 aliphatic rings. The minimum absolute atomic E-state index is 0.320.